The average Bonchev–Trinajstić information content (AvgIpc) is 2.91. The molecule has 35 heavy (non-hydrogen) atoms. The van der Waals surface area contributed by atoms with E-state index in [1.165, 1.54) is 12.6 Å². The lowest BCUT2D eigenvalue weighted by Crippen LogP contribution is -2.11. The molecule has 0 atom stereocenters. The number of methoxy groups -OCH3 is 1. The van der Waals surface area contributed by atoms with Gasteiger partial charge in [0.15, 0.2) is 0 Å². The normalized spacial score (nSPS) is 10.1. The van der Waals surface area contributed by atoms with Crippen molar-refractivity contribution in [3.8, 4) is 17.2 Å². The quantitative estimate of drug-likeness (QED) is 0.384. The van der Waals surface area contributed by atoms with Gasteiger partial charge in [-0.15, -0.1) is 11.8 Å². The van der Waals surface area contributed by atoms with Crippen molar-refractivity contribution in [1.29, 1.82) is 0 Å². The Labute approximate surface area is 210 Å². The van der Waals surface area contributed by atoms with E-state index in [9.17, 15) is 4.79 Å². The lowest BCUT2D eigenvalue weighted by Gasteiger charge is -2.11. The molecule has 0 saturated carbocycles. The number of amides is 1. The first-order chi connectivity index (χ1) is 17.1. The first kappa shape index (κ1) is 29.2. The van der Waals surface area contributed by atoms with Crippen LogP contribution in [0.3, 0.4) is 0 Å². The van der Waals surface area contributed by atoms with Crippen molar-refractivity contribution in [3.05, 3.63) is 101 Å². The summed E-state index contributed by atoms with van der Waals surface area (Å²) in [7, 11) is 3.16. The molecule has 7 nitrogen and oxygen atoms in total. The summed E-state index contributed by atoms with van der Waals surface area (Å²) in [6, 6.07) is 22.7. The number of ether oxygens (including phenoxy) is 2. The second kappa shape index (κ2) is 16.7. The summed E-state index contributed by atoms with van der Waals surface area (Å²) in [4.78, 5) is 24.6. The average molecular weight is 494 g/mol. The van der Waals surface area contributed by atoms with Crippen molar-refractivity contribution >= 4 is 31.2 Å². The molecule has 0 aliphatic heterocycles. The lowest BCUT2D eigenvalue weighted by atomic mass is 10.1. The third-order valence-corrected chi connectivity index (χ3v) is 5.60. The Morgan fingerprint density at radius 3 is 2.09 bits per heavy atom. The van der Waals surface area contributed by atoms with Crippen molar-refractivity contribution in [2.75, 3.05) is 14.2 Å². The van der Waals surface area contributed by atoms with Gasteiger partial charge in [-0.2, -0.15) is 0 Å². The van der Waals surface area contributed by atoms with Crippen molar-refractivity contribution in [1.82, 2.24) is 0 Å². The van der Waals surface area contributed by atoms with Gasteiger partial charge in [-0.25, -0.2) is 0 Å². The Bertz CT molecular complexity index is 1080. The number of nitrogens with two attached hydrogens (primary N) is 2. The molecule has 0 saturated heterocycles. The molecule has 0 aliphatic carbocycles. The molecule has 0 bridgehead atoms. The van der Waals surface area contributed by atoms with E-state index in [1.807, 2.05) is 43.2 Å². The highest BCUT2D eigenvalue weighted by Gasteiger charge is 2.09. The predicted molar refractivity (Wildman–Crippen MR) is 144 cm³/mol. The second-order valence-corrected chi connectivity index (χ2v) is 7.80. The van der Waals surface area contributed by atoms with Gasteiger partial charge in [0.2, 0.25) is 0 Å². The summed E-state index contributed by atoms with van der Waals surface area (Å²) in [6.07, 6.45) is 2.53. The van der Waals surface area contributed by atoms with E-state index in [-0.39, 0.29) is 0 Å². The van der Waals surface area contributed by atoms with E-state index in [2.05, 4.69) is 29.6 Å². The Morgan fingerprint density at radius 1 is 0.943 bits per heavy atom. The molecule has 8 heteroatoms. The maximum Gasteiger partial charge on any atom is 0.252 e. The van der Waals surface area contributed by atoms with Crippen molar-refractivity contribution < 1.29 is 19.1 Å². The highest BCUT2D eigenvalue weighted by molar-refractivity contribution is 8.02. The van der Waals surface area contributed by atoms with E-state index in [0.717, 1.165) is 28.4 Å². The number of aliphatic imine (C=N–C) groups is 1. The molecule has 184 valence electrons. The van der Waals surface area contributed by atoms with E-state index >= 15 is 0 Å². The Balaban J connectivity index is 0.00000145. The van der Waals surface area contributed by atoms with Gasteiger partial charge in [0.05, 0.1) is 12.7 Å². The van der Waals surface area contributed by atoms with Crippen LogP contribution in [0.4, 0.5) is 0 Å². The maximum atomic E-state index is 11.6. The van der Waals surface area contributed by atoms with Gasteiger partial charge in [-0.05, 0) is 61.3 Å². The fourth-order valence-electron chi connectivity index (χ4n) is 2.90. The molecule has 0 spiro atoms. The van der Waals surface area contributed by atoms with Crippen molar-refractivity contribution in [2.45, 2.75) is 12.2 Å². The predicted octanol–water partition coefficient (Wildman–Crippen LogP) is 4.99. The lowest BCUT2D eigenvalue weighted by molar-refractivity contribution is -0.0980. The highest BCUT2D eigenvalue weighted by Crippen LogP contribution is 2.28. The van der Waals surface area contributed by atoms with Gasteiger partial charge in [-0.1, -0.05) is 36.4 Å². The zero-order valence-electron chi connectivity index (χ0n) is 20.0. The topological polar surface area (TPSA) is 117 Å². The van der Waals surface area contributed by atoms with E-state index in [1.54, 1.807) is 49.3 Å². The van der Waals surface area contributed by atoms with Crippen LogP contribution >= 0.6 is 11.8 Å². The fraction of sp³-hybridized carbons (Fsp3) is 0.148. The Hall–Kier alpha value is -3.88. The Morgan fingerprint density at radius 2 is 1.51 bits per heavy atom. The molecule has 0 aromatic heterocycles. The van der Waals surface area contributed by atoms with E-state index < -0.39 is 5.91 Å². The third kappa shape index (κ3) is 9.87. The first-order valence-corrected chi connectivity index (χ1v) is 11.5. The molecule has 0 unspecified atom stereocenters. The van der Waals surface area contributed by atoms with Crippen LogP contribution in [0.25, 0.3) is 0 Å². The smallest absolute Gasteiger partial charge is 0.252 e. The van der Waals surface area contributed by atoms with Crippen LogP contribution in [0.15, 0.2) is 88.9 Å². The van der Waals surface area contributed by atoms with Crippen molar-refractivity contribution in [3.63, 3.8) is 0 Å². The molecular formula is C27H31N3O4S. The van der Waals surface area contributed by atoms with E-state index in [4.69, 9.17) is 20.0 Å². The SMILES string of the molecule is C=N/C=C(/Cc1ccc(Oc2ccccc2C(N)=O)cc1)SCc1ccc(OC)cc1.C=O.CN. The zero-order valence-corrected chi connectivity index (χ0v) is 20.8. The zero-order chi connectivity index (χ0) is 26.1. The second-order valence-electron chi connectivity index (χ2n) is 6.70. The Kier molecular flexibility index (Phi) is 13.9. The molecule has 0 radical (unpaired) electrons. The summed E-state index contributed by atoms with van der Waals surface area (Å²) in [5, 5.41) is 0. The molecular weight excluding hydrogens is 462 g/mol. The number of rotatable bonds is 10. The van der Waals surface area contributed by atoms with Gasteiger partial charge in [0.1, 0.15) is 24.0 Å². The molecule has 4 N–H and O–H groups in total. The fourth-order valence-corrected chi connectivity index (χ4v) is 3.86. The minimum absolute atomic E-state index is 0.351. The molecule has 0 aliphatic rings. The summed E-state index contributed by atoms with van der Waals surface area (Å²) < 4.78 is 11.0. The van der Waals surface area contributed by atoms with Gasteiger partial charge >= 0.3 is 0 Å². The van der Waals surface area contributed by atoms with Gasteiger partial charge in [0, 0.05) is 23.3 Å². The minimum atomic E-state index is -0.521. The number of carbonyl (C=O) groups excluding carboxylic acids is 2. The monoisotopic (exact) mass is 493 g/mol. The van der Waals surface area contributed by atoms with Gasteiger partial charge in [0.25, 0.3) is 5.91 Å². The van der Waals surface area contributed by atoms with Gasteiger partial charge < -0.3 is 25.7 Å². The maximum absolute atomic E-state index is 11.6. The van der Waals surface area contributed by atoms with Crippen LogP contribution < -0.4 is 20.9 Å². The van der Waals surface area contributed by atoms with Crippen LogP contribution in [0.5, 0.6) is 17.2 Å². The van der Waals surface area contributed by atoms with Crippen LogP contribution in [-0.2, 0) is 17.0 Å². The first-order valence-electron chi connectivity index (χ1n) is 10.5. The number of benzene rings is 3. The number of carbonyl (C=O) groups is 2. The van der Waals surface area contributed by atoms with E-state index in [0.29, 0.717) is 17.1 Å². The van der Waals surface area contributed by atoms with Crippen LogP contribution in [-0.4, -0.2) is 33.6 Å². The molecule has 3 aromatic carbocycles. The number of thioether (sulfide) groups is 1. The number of primary amides is 1. The number of hydrogen-bond donors (Lipinski definition) is 2. The third-order valence-electron chi connectivity index (χ3n) is 4.50. The standard InChI is InChI=1S/C25H24N2O3S.CH5N.CH2O/c1-27-16-22(31-17-19-9-11-20(29-2)12-10-19)15-18-7-13-21(14-8-18)30-24-6-4-3-5-23(24)25(26)28;2*1-2/h3-14,16H,1,15,17H2,2H3,(H2,26,28);2H2,1H3;1H2/b22-16-;;. The van der Waals surface area contributed by atoms with Crippen LogP contribution in [0, 0.1) is 0 Å². The summed E-state index contributed by atoms with van der Waals surface area (Å²) in [5.74, 6) is 2.23. The highest BCUT2D eigenvalue weighted by atomic mass is 32.2. The molecule has 0 heterocycles. The largest absolute Gasteiger partial charge is 0.497 e. The number of nitrogens with zero attached hydrogens (tertiary/aromatic N) is 1. The molecule has 3 aromatic rings. The summed E-state index contributed by atoms with van der Waals surface area (Å²) in [5.41, 5.74) is 12.6. The van der Waals surface area contributed by atoms with Gasteiger partial charge in [-0.3, -0.25) is 9.79 Å². The minimum Gasteiger partial charge on any atom is -0.497 e. The number of allylic oxidation sites excluding steroid dienone is 1. The van der Waals surface area contributed by atoms with Crippen LogP contribution in [0.1, 0.15) is 21.5 Å². The number of hydrogen-bond acceptors (Lipinski definition) is 7. The van der Waals surface area contributed by atoms with Crippen molar-refractivity contribution in [2.24, 2.45) is 16.5 Å². The molecule has 1 amide bonds. The summed E-state index contributed by atoms with van der Waals surface area (Å²) in [6.45, 7) is 5.59. The molecule has 3 rings (SSSR count). The van der Waals surface area contributed by atoms with Crippen LogP contribution in [0.2, 0.25) is 0 Å². The molecule has 0 fully saturated rings. The summed E-state index contributed by atoms with van der Waals surface area (Å²) >= 11 is 1.72. The number of para-hydroxylation sites is 1.